The predicted octanol–water partition coefficient (Wildman–Crippen LogP) is 2.67. The molecule has 0 saturated heterocycles. The maximum absolute atomic E-state index is 9.67. The maximum Gasteiger partial charge on any atom is 0.201 e. The minimum Gasteiger partial charge on any atom is -0.394 e. The Morgan fingerprint density at radius 2 is 2.00 bits per heavy atom. The fraction of sp³-hybridized carbons (Fsp3) is 0.500. The molecule has 1 aromatic carbocycles. The van der Waals surface area contributed by atoms with Crippen LogP contribution in [0.2, 0.25) is 0 Å². The molecule has 1 saturated carbocycles. The monoisotopic (exact) mass is 245 g/mol. The molecule has 0 amide bonds. The van der Waals surface area contributed by atoms with E-state index < -0.39 is 0 Å². The molecule has 4 heteroatoms. The van der Waals surface area contributed by atoms with Crippen molar-refractivity contribution in [3.8, 4) is 0 Å². The number of nitrogens with one attached hydrogen (secondary N) is 2. The lowest BCUT2D eigenvalue weighted by Gasteiger charge is -2.36. The second kappa shape index (κ2) is 4.61. The summed E-state index contributed by atoms with van der Waals surface area (Å²) in [6.07, 6.45) is 5.65. The van der Waals surface area contributed by atoms with Crippen LogP contribution in [-0.2, 0) is 0 Å². The van der Waals surface area contributed by atoms with E-state index in [4.69, 9.17) is 0 Å². The van der Waals surface area contributed by atoms with E-state index >= 15 is 0 Å². The van der Waals surface area contributed by atoms with Gasteiger partial charge in [0, 0.05) is 0 Å². The molecule has 0 radical (unpaired) electrons. The van der Waals surface area contributed by atoms with Crippen molar-refractivity contribution in [1.29, 1.82) is 0 Å². The number of aromatic amines is 1. The SMILES string of the molecule is OCC1(Nc2nc3ccccc3[nH]2)CCCCC1. The van der Waals surface area contributed by atoms with Gasteiger partial charge in [-0.2, -0.15) is 0 Å². The molecule has 2 aromatic rings. The topological polar surface area (TPSA) is 60.9 Å². The van der Waals surface area contributed by atoms with Crippen molar-refractivity contribution in [3.05, 3.63) is 24.3 Å². The lowest BCUT2D eigenvalue weighted by atomic mass is 9.82. The summed E-state index contributed by atoms with van der Waals surface area (Å²) in [5, 5.41) is 13.1. The van der Waals surface area contributed by atoms with Gasteiger partial charge < -0.3 is 15.4 Å². The predicted molar refractivity (Wildman–Crippen MR) is 72.6 cm³/mol. The van der Waals surface area contributed by atoms with Crippen LogP contribution >= 0.6 is 0 Å². The highest BCUT2D eigenvalue weighted by molar-refractivity contribution is 5.77. The van der Waals surface area contributed by atoms with Gasteiger partial charge in [0.15, 0.2) is 0 Å². The first-order valence-corrected chi connectivity index (χ1v) is 6.65. The number of aromatic nitrogens is 2. The number of benzene rings is 1. The van der Waals surface area contributed by atoms with Gasteiger partial charge in [-0.05, 0) is 25.0 Å². The zero-order chi connectivity index (χ0) is 12.4. The van der Waals surface area contributed by atoms with Crippen molar-refractivity contribution in [2.24, 2.45) is 0 Å². The average molecular weight is 245 g/mol. The van der Waals surface area contributed by atoms with E-state index in [2.05, 4.69) is 15.3 Å². The lowest BCUT2D eigenvalue weighted by Crippen LogP contribution is -2.44. The van der Waals surface area contributed by atoms with E-state index in [9.17, 15) is 5.11 Å². The summed E-state index contributed by atoms with van der Waals surface area (Å²) in [5.41, 5.74) is 1.80. The zero-order valence-corrected chi connectivity index (χ0v) is 10.4. The molecule has 0 atom stereocenters. The quantitative estimate of drug-likeness (QED) is 0.779. The summed E-state index contributed by atoms with van der Waals surface area (Å²) in [5.74, 6) is 0.771. The summed E-state index contributed by atoms with van der Waals surface area (Å²) in [6.45, 7) is 0.171. The number of aliphatic hydroxyl groups excluding tert-OH is 1. The number of hydrogen-bond acceptors (Lipinski definition) is 3. The fourth-order valence-electron chi connectivity index (χ4n) is 2.81. The van der Waals surface area contributed by atoms with E-state index in [0.29, 0.717) is 0 Å². The first kappa shape index (κ1) is 11.5. The Morgan fingerprint density at radius 3 is 2.72 bits per heavy atom. The highest BCUT2D eigenvalue weighted by atomic mass is 16.3. The Bertz CT molecular complexity index is 496. The highest BCUT2D eigenvalue weighted by Gasteiger charge is 2.31. The summed E-state index contributed by atoms with van der Waals surface area (Å²) in [4.78, 5) is 7.79. The summed E-state index contributed by atoms with van der Waals surface area (Å²) < 4.78 is 0. The van der Waals surface area contributed by atoms with Crippen LogP contribution in [0.3, 0.4) is 0 Å². The van der Waals surface area contributed by atoms with Gasteiger partial charge in [-0.25, -0.2) is 4.98 Å². The maximum atomic E-state index is 9.67. The number of imidazole rings is 1. The van der Waals surface area contributed by atoms with Crippen LogP contribution in [0, 0.1) is 0 Å². The average Bonchev–Trinajstić information content (AvgIpc) is 2.81. The molecule has 0 unspecified atom stereocenters. The number of para-hydroxylation sites is 2. The van der Waals surface area contributed by atoms with Crippen LogP contribution in [0.25, 0.3) is 11.0 Å². The molecule has 1 aliphatic carbocycles. The molecule has 0 aliphatic heterocycles. The minimum absolute atomic E-state index is 0.171. The highest BCUT2D eigenvalue weighted by Crippen LogP contribution is 2.31. The standard InChI is InChI=1S/C14H19N3O/c18-10-14(8-4-1-5-9-14)17-13-15-11-6-2-3-7-12(11)16-13/h2-3,6-7,18H,1,4-5,8-10H2,(H2,15,16,17). The van der Waals surface area contributed by atoms with E-state index in [1.807, 2.05) is 24.3 Å². The zero-order valence-electron chi connectivity index (χ0n) is 10.4. The normalized spacial score (nSPS) is 18.9. The largest absolute Gasteiger partial charge is 0.394 e. The number of anilines is 1. The minimum atomic E-state index is -0.188. The Hall–Kier alpha value is -1.55. The van der Waals surface area contributed by atoms with Crippen LogP contribution in [-0.4, -0.2) is 27.2 Å². The summed E-state index contributed by atoms with van der Waals surface area (Å²) in [7, 11) is 0. The second-order valence-electron chi connectivity index (χ2n) is 5.23. The lowest BCUT2D eigenvalue weighted by molar-refractivity contribution is 0.172. The number of nitrogens with zero attached hydrogens (tertiary/aromatic N) is 1. The van der Waals surface area contributed by atoms with Crippen LogP contribution < -0.4 is 5.32 Å². The Labute approximate surface area is 106 Å². The van der Waals surface area contributed by atoms with Gasteiger partial charge in [-0.3, -0.25) is 0 Å². The Kier molecular flexibility index (Phi) is 2.96. The summed E-state index contributed by atoms with van der Waals surface area (Å²) >= 11 is 0. The third-order valence-electron chi connectivity index (χ3n) is 3.89. The molecule has 3 N–H and O–H groups in total. The van der Waals surface area contributed by atoms with E-state index in [-0.39, 0.29) is 12.1 Å². The number of rotatable bonds is 3. The van der Waals surface area contributed by atoms with Crippen molar-refractivity contribution in [3.63, 3.8) is 0 Å². The number of aliphatic hydroxyl groups is 1. The van der Waals surface area contributed by atoms with Crippen molar-refractivity contribution in [2.75, 3.05) is 11.9 Å². The van der Waals surface area contributed by atoms with Crippen molar-refractivity contribution in [2.45, 2.75) is 37.6 Å². The smallest absolute Gasteiger partial charge is 0.201 e. The van der Waals surface area contributed by atoms with Crippen molar-refractivity contribution in [1.82, 2.24) is 9.97 Å². The first-order valence-electron chi connectivity index (χ1n) is 6.65. The molecule has 1 aromatic heterocycles. The van der Waals surface area contributed by atoms with Crippen LogP contribution in [0.15, 0.2) is 24.3 Å². The summed E-state index contributed by atoms with van der Waals surface area (Å²) in [6, 6.07) is 7.98. The molecule has 1 aliphatic rings. The molecular weight excluding hydrogens is 226 g/mol. The number of H-pyrrole nitrogens is 1. The molecule has 3 rings (SSSR count). The molecule has 0 spiro atoms. The van der Waals surface area contributed by atoms with Crippen LogP contribution in [0.4, 0.5) is 5.95 Å². The van der Waals surface area contributed by atoms with Gasteiger partial charge in [0.1, 0.15) is 0 Å². The Morgan fingerprint density at radius 1 is 1.22 bits per heavy atom. The van der Waals surface area contributed by atoms with E-state index in [1.54, 1.807) is 0 Å². The van der Waals surface area contributed by atoms with Gasteiger partial charge in [0.05, 0.1) is 23.2 Å². The van der Waals surface area contributed by atoms with Crippen molar-refractivity contribution < 1.29 is 5.11 Å². The number of fused-ring (bicyclic) bond motifs is 1. The first-order chi connectivity index (χ1) is 8.81. The van der Waals surface area contributed by atoms with E-state index in [1.165, 1.54) is 19.3 Å². The van der Waals surface area contributed by atoms with Crippen LogP contribution in [0.1, 0.15) is 32.1 Å². The molecule has 18 heavy (non-hydrogen) atoms. The Balaban J connectivity index is 1.85. The fourth-order valence-corrected chi connectivity index (χ4v) is 2.81. The van der Waals surface area contributed by atoms with Gasteiger partial charge in [-0.15, -0.1) is 0 Å². The molecule has 1 heterocycles. The van der Waals surface area contributed by atoms with Gasteiger partial charge in [0.2, 0.25) is 5.95 Å². The third-order valence-corrected chi connectivity index (χ3v) is 3.89. The molecule has 0 bridgehead atoms. The van der Waals surface area contributed by atoms with E-state index in [0.717, 1.165) is 29.8 Å². The van der Waals surface area contributed by atoms with Crippen molar-refractivity contribution >= 4 is 17.0 Å². The molecule has 1 fully saturated rings. The molecular formula is C14H19N3O. The number of hydrogen-bond donors (Lipinski definition) is 3. The third kappa shape index (κ3) is 2.08. The molecule has 96 valence electrons. The second-order valence-corrected chi connectivity index (χ2v) is 5.23. The van der Waals surface area contributed by atoms with Gasteiger partial charge >= 0.3 is 0 Å². The van der Waals surface area contributed by atoms with Crippen LogP contribution in [0.5, 0.6) is 0 Å². The van der Waals surface area contributed by atoms with Gasteiger partial charge in [0.25, 0.3) is 0 Å². The molecule has 4 nitrogen and oxygen atoms in total. The van der Waals surface area contributed by atoms with Gasteiger partial charge in [-0.1, -0.05) is 31.4 Å².